The molecule has 1 unspecified atom stereocenters. The van der Waals surface area contributed by atoms with Gasteiger partial charge < -0.3 is 5.32 Å². The van der Waals surface area contributed by atoms with Gasteiger partial charge in [0.15, 0.2) is 4.75 Å². The molecular weight excluding hydrogens is 428 g/mol. The number of alkyl halides is 3. The van der Waals surface area contributed by atoms with Gasteiger partial charge in [-0.3, -0.25) is 0 Å². The summed E-state index contributed by atoms with van der Waals surface area (Å²) in [5, 5.41) is 3.59. The number of aryl methyl sites for hydroxylation is 1. The smallest absolute Gasteiger partial charge is 0.313 e. The summed E-state index contributed by atoms with van der Waals surface area (Å²) in [6.45, 7) is 5.54. The van der Waals surface area contributed by atoms with Gasteiger partial charge in [0.25, 0.3) is 0 Å². The second-order valence-corrected chi connectivity index (χ2v) is 8.65. The summed E-state index contributed by atoms with van der Waals surface area (Å²) in [7, 11) is 0. The number of nitrogens with one attached hydrogen (secondary N) is 1. The highest BCUT2D eigenvalue weighted by Gasteiger charge is 2.60. The van der Waals surface area contributed by atoms with Crippen LogP contribution in [0.5, 0.6) is 0 Å². The Kier molecular flexibility index (Phi) is 6.35. The van der Waals surface area contributed by atoms with E-state index in [1.165, 1.54) is 18.2 Å². The summed E-state index contributed by atoms with van der Waals surface area (Å²) >= 11 is 12.5. The van der Waals surface area contributed by atoms with Crippen LogP contribution in [0.2, 0.25) is 10.0 Å². The number of hydrogen-bond acceptors (Lipinski definition) is 3. The lowest BCUT2D eigenvalue weighted by Gasteiger charge is -2.30. The van der Waals surface area contributed by atoms with Crippen molar-refractivity contribution in [3.63, 3.8) is 0 Å². The van der Waals surface area contributed by atoms with Crippen molar-refractivity contribution in [2.45, 2.75) is 37.7 Å². The SMILES string of the molecule is CCNCc1ccc(C2=NSC(c3cc(Cl)cc(Cl)c3)(C(F)(F)F)C2)cc1C. The van der Waals surface area contributed by atoms with E-state index in [1.54, 1.807) is 0 Å². The van der Waals surface area contributed by atoms with Crippen LogP contribution in [0.15, 0.2) is 40.8 Å². The third kappa shape index (κ3) is 4.20. The Morgan fingerprint density at radius 3 is 2.39 bits per heavy atom. The molecule has 2 aromatic carbocycles. The molecule has 1 aliphatic heterocycles. The van der Waals surface area contributed by atoms with Crippen molar-refractivity contribution in [2.75, 3.05) is 6.54 Å². The van der Waals surface area contributed by atoms with Crippen molar-refractivity contribution in [3.8, 4) is 0 Å². The molecule has 2 aromatic rings. The van der Waals surface area contributed by atoms with Gasteiger partial charge in [-0.2, -0.15) is 13.2 Å². The number of rotatable bonds is 5. The third-order valence-corrected chi connectivity index (χ3v) is 6.43. The Labute approximate surface area is 176 Å². The second kappa shape index (κ2) is 8.27. The fourth-order valence-electron chi connectivity index (χ4n) is 3.18. The predicted octanol–water partition coefficient (Wildman–Crippen LogP) is 6.71. The molecule has 0 aromatic heterocycles. The minimum Gasteiger partial charge on any atom is -0.313 e. The monoisotopic (exact) mass is 446 g/mol. The van der Waals surface area contributed by atoms with Gasteiger partial charge in [0.05, 0.1) is 5.71 Å². The fourth-order valence-corrected chi connectivity index (χ4v) is 4.67. The molecule has 0 saturated carbocycles. The maximum Gasteiger partial charge on any atom is 0.409 e. The Morgan fingerprint density at radius 2 is 1.82 bits per heavy atom. The molecule has 0 saturated heterocycles. The Bertz CT molecular complexity index is 895. The fraction of sp³-hybridized carbons (Fsp3) is 0.350. The molecule has 1 aliphatic rings. The normalized spacial score (nSPS) is 19.8. The number of halogens is 5. The quantitative estimate of drug-likeness (QED) is 0.516. The van der Waals surface area contributed by atoms with E-state index in [-0.39, 0.29) is 22.0 Å². The molecule has 1 heterocycles. The van der Waals surface area contributed by atoms with Crippen LogP contribution in [0, 0.1) is 6.92 Å². The highest BCUT2D eigenvalue weighted by molar-refractivity contribution is 7.99. The molecule has 0 amide bonds. The first kappa shape index (κ1) is 21.5. The van der Waals surface area contributed by atoms with Gasteiger partial charge in [0, 0.05) is 23.0 Å². The van der Waals surface area contributed by atoms with Crippen LogP contribution in [-0.2, 0) is 11.3 Å². The van der Waals surface area contributed by atoms with Crippen molar-refractivity contribution >= 4 is 40.9 Å². The average molecular weight is 447 g/mol. The van der Waals surface area contributed by atoms with Gasteiger partial charge >= 0.3 is 6.18 Å². The summed E-state index contributed by atoms with van der Waals surface area (Å²) < 4.78 is 44.4. The molecule has 0 bridgehead atoms. The summed E-state index contributed by atoms with van der Waals surface area (Å²) in [6.07, 6.45) is -4.79. The van der Waals surface area contributed by atoms with Crippen LogP contribution in [0.3, 0.4) is 0 Å². The lowest BCUT2D eigenvalue weighted by Crippen LogP contribution is -2.38. The first-order chi connectivity index (χ1) is 13.2. The molecule has 0 radical (unpaired) electrons. The van der Waals surface area contributed by atoms with E-state index in [4.69, 9.17) is 23.2 Å². The van der Waals surface area contributed by atoms with Crippen molar-refractivity contribution in [1.29, 1.82) is 0 Å². The molecular formula is C20H19Cl2F3N2S. The van der Waals surface area contributed by atoms with Gasteiger partial charge in [-0.25, -0.2) is 4.40 Å². The molecule has 0 aliphatic carbocycles. The van der Waals surface area contributed by atoms with Gasteiger partial charge in [-0.1, -0.05) is 42.3 Å². The minimum atomic E-state index is -4.52. The summed E-state index contributed by atoms with van der Waals surface area (Å²) in [6, 6.07) is 9.71. The molecule has 2 nitrogen and oxygen atoms in total. The van der Waals surface area contributed by atoms with Crippen molar-refractivity contribution in [3.05, 3.63) is 68.7 Å². The molecule has 0 fully saturated rings. The lowest BCUT2D eigenvalue weighted by molar-refractivity contribution is -0.159. The lowest BCUT2D eigenvalue weighted by atomic mass is 9.89. The van der Waals surface area contributed by atoms with E-state index in [2.05, 4.69) is 9.71 Å². The van der Waals surface area contributed by atoms with Crippen molar-refractivity contribution < 1.29 is 13.2 Å². The highest BCUT2D eigenvalue weighted by Crippen LogP contribution is 2.57. The molecule has 150 valence electrons. The second-order valence-electron chi connectivity index (χ2n) is 6.71. The predicted molar refractivity (Wildman–Crippen MR) is 111 cm³/mol. The van der Waals surface area contributed by atoms with Crippen LogP contribution < -0.4 is 5.32 Å². The van der Waals surface area contributed by atoms with Crippen molar-refractivity contribution in [2.24, 2.45) is 4.40 Å². The van der Waals surface area contributed by atoms with Crippen LogP contribution in [0.25, 0.3) is 0 Å². The number of benzene rings is 2. The zero-order chi connectivity index (χ0) is 20.5. The van der Waals surface area contributed by atoms with Gasteiger partial charge in [0.2, 0.25) is 0 Å². The molecule has 1 N–H and O–H groups in total. The Hall–Kier alpha value is -1.21. The van der Waals surface area contributed by atoms with E-state index in [9.17, 15) is 13.2 Å². The summed E-state index contributed by atoms with van der Waals surface area (Å²) in [5.74, 6) is 0. The summed E-state index contributed by atoms with van der Waals surface area (Å²) in [5.41, 5.74) is 3.25. The third-order valence-electron chi connectivity index (χ3n) is 4.76. The van der Waals surface area contributed by atoms with Crippen LogP contribution in [0.4, 0.5) is 13.2 Å². The van der Waals surface area contributed by atoms with Gasteiger partial charge in [-0.05, 0) is 71.9 Å². The zero-order valence-electron chi connectivity index (χ0n) is 15.3. The van der Waals surface area contributed by atoms with E-state index in [1.807, 2.05) is 32.0 Å². The summed E-state index contributed by atoms with van der Waals surface area (Å²) in [4.78, 5) is 0. The van der Waals surface area contributed by atoms with Crippen LogP contribution in [0.1, 0.15) is 35.6 Å². The van der Waals surface area contributed by atoms with E-state index in [0.717, 1.165) is 24.2 Å². The van der Waals surface area contributed by atoms with E-state index in [0.29, 0.717) is 23.2 Å². The largest absolute Gasteiger partial charge is 0.409 e. The standard InChI is InChI=1S/C20H19Cl2F3N2S/c1-3-26-11-14-5-4-13(6-12(14)2)18-10-19(28-27-18,20(23,24)25)15-7-16(21)9-17(22)8-15/h4-9,26H,3,10-11H2,1-2H3. The molecule has 0 spiro atoms. The topological polar surface area (TPSA) is 24.4 Å². The molecule has 8 heteroatoms. The maximum absolute atomic E-state index is 14.1. The number of hydrogen-bond donors (Lipinski definition) is 1. The van der Waals surface area contributed by atoms with Gasteiger partial charge in [-0.15, -0.1) is 0 Å². The van der Waals surface area contributed by atoms with E-state index >= 15 is 0 Å². The first-order valence-corrected chi connectivity index (χ1v) is 10.3. The zero-order valence-corrected chi connectivity index (χ0v) is 17.7. The first-order valence-electron chi connectivity index (χ1n) is 8.75. The number of nitrogens with zero attached hydrogens (tertiary/aromatic N) is 1. The molecule has 3 rings (SSSR count). The van der Waals surface area contributed by atoms with Crippen molar-refractivity contribution in [1.82, 2.24) is 5.32 Å². The van der Waals surface area contributed by atoms with Crippen LogP contribution in [-0.4, -0.2) is 18.4 Å². The Balaban J connectivity index is 1.94. The molecule has 1 atom stereocenters. The Morgan fingerprint density at radius 1 is 1.14 bits per heavy atom. The molecule has 28 heavy (non-hydrogen) atoms. The minimum absolute atomic E-state index is 0.0155. The average Bonchev–Trinajstić information content (AvgIpc) is 3.06. The van der Waals surface area contributed by atoms with Gasteiger partial charge in [0.1, 0.15) is 0 Å². The van der Waals surface area contributed by atoms with Crippen LogP contribution >= 0.6 is 35.1 Å². The highest BCUT2D eigenvalue weighted by atomic mass is 35.5. The maximum atomic E-state index is 14.1. The van der Waals surface area contributed by atoms with E-state index < -0.39 is 10.9 Å².